The van der Waals surface area contributed by atoms with Gasteiger partial charge in [-0.3, -0.25) is 5.84 Å². The lowest BCUT2D eigenvalue weighted by atomic mass is 9.93. The Morgan fingerprint density at radius 2 is 1.63 bits per heavy atom. The Hall–Kier alpha value is -0.200. The molecule has 0 bridgehead atoms. The molecule has 0 fully saturated rings. The topological polar surface area (TPSA) is 38.0 Å². The maximum atomic E-state index is 5.79. The van der Waals surface area contributed by atoms with E-state index in [1.807, 2.05) is 0 Å². The molecule has 1 aromatic heterocycles. The summed E-state index contributed by atoms with van der Waals surface area (Å²) in [5.41, 5.74) is 9.15. The van der Waals surface area contributed by atoms with Crippen LogP contribution in [0.25, 0.3) is 0 Å². The fourth-order valence-electron chi connectivity index (χ4n) is 2.19. The largest absolute Gasteiger partial charge is 0.271 e. The van der Waals surface area contributed by atoms with Crippen molar-refractivity contribution in [2.75, 3.05) is 0 Å². The van der Waals surface area contributed by atoms with Crippen molar-refractivity contribution >= 4 is 43.2 Å². The molecular formula is C14H16Br2N2S. The van der Waals surface area contributed by atoms with Gasteiger partial charge in [-0.25, -0.2) is 5.43 Å². The lowest BCUT2D eigenvalue weighted by Crippen LogP contribution is -2.29. The van der Waals surface area contributed by atoms with Crippen LogP contribution in [0.1, 0.15) is 33.9 Å². The van der Waals surface area contributed by atoms with Crippen molar-refractivity contribution in [1.29, 1.82) is 0 Å². The van der Waals surface area contributed by atoms with Gasteiger partial charge in [-0.15, -0.1) is 11.3 Å². The quantitative estimate of drug-likeness (QED) is 0.573. The summed E-state index contributed by atoms with van der Waals surface area (Å²) in [6.45, 7) is 6.39. The summed E-state index contributed by atoms with van der Waals surface area (Å²) in [5, 5.41) is 0. The van der Waals surface area contributed by atoms with E-state index in [-0.39, 0.29) is 6.04 Å². The summed E-state index contributed by atoms with van der Waals surface area (Å²) in [5.74, 6) is 5.79. The SMILES string of the molecule is Cc1cc(C)c(C(NN)c2cc(Br)sc2Br)cc1C. The summed E-state index contributed by atoms with van der Waals surface area (Å²) < 4.78 is 2.19. The Balaban J connectivity index is 2.54. The Morgan fingerprint density at radius 3 is 2.16 bits per heavy atom. The van der Waals surface area contributed by atoms with Gasteiger partial charge in [0.2, 0.25) is 0 Å². The molecule has 19 heavy (non-hydrogen) atoms. The van der Waals surface area contributed by atoms with Gasteiger partial charge in [-0.1, -0.05) is 12.1 Å². The van der Waals surface area contributed by atoms with Crippen molar-refractivity contribution in [3.05, 3.63) is 53.6 Å². The van der Waals surface area contributed by atoms with Gasteiger partial charge in [-0.05, 0) is 81.0 Å². The van der Waals surface area contributed by atoms with Gasteiger partial charge < -0.3 is 0 Å². The minimum atomic E-state index is -0.00350. The number of halogens is 2. The molecule has 1 aromatic carbocycles. The molecule has 0 spiro atoms. The highest BCUT2D eigenvalue weighted by Crippen LogP contribution is 2.38. The summed E-state index contributed by atoms with van der Waals surface area (Å²) >= 11 is 8.78. The van der Waals surface area contributed by atoms with Crippen LogP contribution in [0.15, 0.2) is 25.8 Å². The first-order valence-corrected chi connectivity index (χ1v) is 8.33. The zero-order chi connectivity index (χ0) is 14.2. The molecule has 0 aliphatic carbocycles. The first-order valence-electron chi connectivity index (χ1n) is 5.92. The first kappa shape index (κ1) is 15.2. The molecule has 0 aliphatic heterocycles. The van der Waals surface area contributed by atoms with Crippen molar-refractivity contribution in [3.8, 4) is 0 Å². The predicted octanol–water partition coefficient (Wildman–Crippen LogP) is 4.75. The standard InChI is InChI=1S/C14H16Br2N2S/c1-7-4-9(3)10(5-8(7)2)13(18-17)11-6-12(15)19-14(11)16/h4-6,13,18H,17H2,1-3H3. The van der Waals surface area contributed by atoms with Gasteiger partial charge in [0.05, 0.1) is 13.6 Å². The molecule has 102 valence electrons. The normalized spacial score (nSPS) is 12.7. The average molecular weight is 404 g/mol. The Morgan fingerprint density at radius 1 is 1.00 bits per heavy atom. The fourth-order valence-corrected chi connectivity index (χ4v) is 5.09. The van der Waals surface area contributed by atoms with Crippen LogP contribution < -0.4 is 11.3 Å². The van der Waals surface area contributed by atoms with E-state index in [9.17, 15) is 0 Å². The third-order valence-corrected chi connectivity index (χ3v) is 5.74. The summed E-state index contributed by atoms with van der Waals surface area (Å²) in [6, 6.07) is 6.53. The minimum Gasteiger partial charge on any atom is -0.271 e. The van der Waals surface area contributed by atoms with Gasteiger partial charge in [0.1, 0.15) is 0 Å². The van der Waals surface area contributed by atoms with Gasteiger partial charge >= 0.3 is 0 Å². The molecule has 2 aromatic rings. The Bertz CT molecular complexity index is 608. The van der Waals surface area contributed by atoms with Crippen LogP contribution in [0.5, 0.6) is 0 Å². The number of hydrogen-bond acceptors (Lipinski definition) is 3. The molecule has 1 unspecified atom stereocenters. The third kappa shape index (κ3) is 3.11. The summed E-state index contributed by atoms with van der Waals surface area (Å²) in [6.07, 6.45) is 0. The van der Waals surface area contributed by atoms with Crippen LogP contribution in [0.3, 0.4) is 0 Å². The number of thiophene rings is 1. The zero-order valence-corrected chi connectivity index (χ0v) is 15.0. The van der Waals surface area contributed by atoms with Crippen molar-refractivity contribution in [2.24, 2.45) is 5.84 Å². The lowest BCUT2D eigenvalue weighted by Gasteiger charge is -2.20. The molecule has 1 heterocycles. The molecule has 1 atom stereocenters. The molecule has 3 N–H and O–H groups in total. The van der Waals surface area contributed by atoms with E-state index in [4.69, 9.17) is 5.84 Å². The van der Waals surface area contributed by atoms with E-state index >= 15 is 0 Å². The van der Waals surface area contributed by atoms with E-state index in [1.165, 1.54) is 22.3 Å². The second kappa shape index (κ2) is 6.06. The van der Waals surface area contributed by atoms with E-state index in [0.29, 0.717) is 0 Å². The smallest absolute Gasteiger partial charge is 0.0762 e. The Kier molecular flexibility index (Phi) is 4.84. The van der Waals surface area contributed by atoms with E-state index < -0.39 is 0 Å². The summed E-state index contributed by atoms with van der Waals surface area (Å²) in [7, 11) is 0. The van der Waals surface area contributed by atoms with Gasteiger partial charge in [0.15, 0.2) is 0 Å². The van der Waals surface area contributed by atoms with Crippen molar-refractivity contribution < 1.29 is 0 Å². The maximum Gasteiger partial charge on any atom is 0.0762 e. The highest BCUT2D eigenvalue weighted by atomic mass is 79.9. The zero-order valence-electron chi connectivity index (χ0n) is 11.1. The number of hydrogen-bond donors (Lipinski definition) is 2. The van der Waals surface area contributed by atoms with Crippen molar-refractivity contribution in [1.82, 2.24) is 5.43 Å². The van der Waals surface area contributed by atoms with Crippen LogP contribution in [0.2, 0.25) is 0 Å². The molecule has 2 rings (SSSR count). The molecular weight excluding hydrogens is 388 g/mol. The highest BCUT2D eigenvalue weighted by Gasteiger charge is 2.20. The van der Waals surface area contributed by atoms with Gasteiger partial charge in [-0.2, -0.15) is 0 Å². The minimum absolute atomic E-state index is 0.00350. The molecule has 2 nitrogen and oxygen atoms in total. The lowest BCUT2D eigenvalue weighted by molar-refractivity contribution is 0.633. The number of nitrogens with one attached hydrogen (secondary N) is 1. The van der Waals surface area contributed by atoms with Crippen LogP contribution >= 0.6 is 43.2 Å². The second-order valence-electron chi connectivity index (χ2n) is 4.67. The summed E-state index contributed by atoms with van der Waals surface area (Å²) in [4.78, 5) is 0. The number of hydrazine groups is 1. The van der Waals surface area contributed by atoms with E-state index in [0.717, 1.165) is 13.1 Å². The van der Waals surface area contributed by atoms with Crippen molar-refractivity contribution in [3.63, 3.8) is 0 Å². The molecule has 0 saturated carbocycles. The van der Waals surface area contributed by atoms with Crippen LogP contribution in [-0.2, 0) is 0 Å². The molecule has 0 aliphatic rings. The maximum absolute atomic E-state index is 5.79. The number of rotatable bonds is 3. The van der Waals surface area contributed by atoms with Gasteiger partial charge in [0.25, 0.3) is 0 Å². The second-order valence-corrected chi connectivity index (χ2v) is 8.42. The number of nitrogens with two attached hydrogens (primary N) is 1. The third-order valence-electron chi connectivity index (χ3n) is 3.35. The van der Waals surface area contributed by atoms with Crippen LogP contribution in [0, 0.1) is 20.8 Å². The molecule has 0 amide bonds. The number of benzene rings is 1. The van der Waals surface area contributed by atoms with Gasteiger partial charge in [0, 0.05) is 5.56 Å². The van der Waals surface area contributed by atoms with E-state index in [1.54, 1.807) is 11.3 Å². The van der Waals surface area contributed by atoms with Crippen LogP contribution in [0.4, 0.5) is 0 Å². The molecule has 0 saturated heterocycles. The first-order chi connectivity index (χ1) is 8.93. The highest BCUT2D eigenvalue weighted by molar-refractivity contribution is 9.12. The Labute approximate surface area is 134 Å². The van der Waals surface area contributed by atoms with Crippen LogP contribution in [-0.4, -0.2) is 0 Å². The molecule has 0 radical (unpaired) electrons. The fraction of sp³-hybridized carbons (Fsp3) is 0.286. The predicted molar refractivity (Wildman–Crippen MR) is 89.5 cm³/mol. The average Bonchev–Trinajstić information content (AvgIpc) is 2.66. The number of aryl methyl sites for hydroxylation is 3. The van der Waals surface area contributed by atoms with E-state index in [2.05, 4.69) is 76.3 Å². The molecule has 5 heteroatoms. The monoisotopic (exact) mass is 402 g/mol. The van der Waals surface area contributed by atoms with Crippen molar-refractivity contribution in [2.45, 2.75) is 26.8 Å².